The summed E-state index contributed by atoms with van der Waals surface area (Å²) in [5, 5.41) is 5.13. The second-order valence-electron chi connectivity index (χ2n) is 6.57. The van der Waals surface area contributed by atoms with Crippen LogP contribution in [0.1, 0.15) is 30.9 Å². The van der Waals surface area contributed by atoms with Crippen molar-refractivity contribution in [2.45, 2.75) is 26.7 Å². The van der Waals surface area contributed by atoms with E-state index in [1.807, 2.05) is 54.6 Å². The average Bonchev–Trinajstić information content (AvgIpc) is 2.59. The number of ether oxygens (including phenoxy) is 1. The van der Waals surface area contributed by atoms with Crippen molar-refractivity contribution < 1.29 is 9.53 Å². The van der Waals surface area contributed by atoms with Crippen LogP contribution in [0.4, 0.5) is 5.69 Å². The van der Waals surface area contributed by atoms with Crippen LogP contribution in [0.25, 0.3) is 10.8 Å². The molecule has 0 saturated carbocycles. The van der Waals surface area contributed by atoms with Gasteiger partial charge in [-0.1, -0.05) is 50.2 Å². The largest absolute Gasteiger partial charge is 0.484 e. The Bertz CT molecular complexity index is 899. The molecule has 0 aliphatic carbocycles. The SMILES string of the molecule is Cc1cc(OCC(=O)Nc2ccc3ccccc3c2)ccc1C(C)C. The Hall–Kier alpha value is -2.81. The number of carbonyl (C=O) groups is 1. The van der Waals surface area contributed by atoms with Crippen molar-refractivity contribution in [1.82, 2.24) is 0 Å². The normalized spacial score (nSPS) is 10.9. The van der Waals surface area contributed by atoms with E-state index in [0.29, 0.717) is 5.92 Å². The zero-order valence-corrected chi connectivity index (χ0v) is 14.9. The third-order valence-corrected chi connectivity index (χ3v) is 4.27. The first-order valence-electron chi connectivity index (χ1n) is 8.55. The summed E-state index contributed by atoms with van der Waals surface area (Å²) in [4.78, 5) is 12.1. The van der Waals surface area contributed by atoms with E-state index in [4.69, 9.17) is 4.74 Å². The highest BCUT2D eigenvalue weighted by atomic mass is 16.5. The van der Waals surface area contributed by atoms with Crippen molar-refractivity contribution in [3.63, 3.8) is 0 Å². The molecule has 0 radical (unpaired) electrons. The van der Waals surface area contributed by atoms with Crippen LogP contribution in [-0.4, -0.2) is 12.5 Å². The molecule has 0 saturated heterocycles. The fourth-order valence-electron chi connectivity index (χ4n) is 3.00. The second-order valence-corrected chi connectivity index (χ2v) is 6.57. The lowest BCUT2D eigenvalue weighted by Gasteiger charge is -2.12. The van der Waals surface area contributed by atoms with Crippen LogP contribution in [0.3, 0.4) is 0 Å². The molecule has 0 aromatic heterocycles. The first-order valence-corrected chi connectivity index (χ1v) is 8.55. The molecular weight excluding hydrogens is 310 g/mol. The van der Waals surface area contributed by atoms with E-state index in [9.17, 15) is 4.79 Å². The third kappa shape index (κ3) is 4.18. The first kappa shape index (κ1) is 17.0. The van der Waals surface area contributed by atoms with Crippen molar-refractivity contribution in [3.05, 3.63) is 71.8 Å². The van der Waals surface area contributed by atoms with Gasteiger partial charge in [-0.25, -0.2) is 0 Å². The van der Waals surface area contributed by atoms with E-state index >= 15 is 0 Å². The van der Waals surface area contributed by atoms with Crippen molar-refractivity contribution in [1.29, 1.82) is 0 Å². The van der Waals surface area contributed by atoms with E-state index in [2.05, 4.69) is 32.2 Å². The van der Waals surface area contributed by atoms with Gasteiger partial charge in [-0.15, -0.1) is 0 Å². The van der Waals surface area contributed by atoms with E-state index in [1.54, 1.807) is 0 Å². The number of amides is 1. The summed E-state index contributed by atoms with van der Waals surface area (Å²) >= 11 is 0. The number of hydrogen-bond donors (Lipinski definition) is 1. The number of fused-ring (bicyclic) bond motifs is 1. The zero-order valence-electron chi connectivity index (χ0n) is 14.9. The molecule has 0 heterocycles. The van der Waals surface area contributed by atoms with Gasteiger partial charge in [0.25, 0.3) is 5.91 Å². The summed E-state index contributed by atoms with van der Waals surface area (Å²) in [7, 11) is 0. The Labute approximate surface area is 148 Å². The van der Waals surface area contributed by atoms with Crippen LogP contribution in [0.5, 0.6) is 5.75 Å². The molecular formula is C22H23NO2. The molecule has 0 fully saturated rings. The molecule has 0 atom stereocenters. The molecule has 128 valence electrons. The van der Waals surface area contributed by atoms with Gasteiger partial charge in [-0.3, -0.25) is 4.79 Å². The van der Waals surface area contributed by atoms with Gasteiger partial charge in [0.1, 0.15) is 5.75 Å². The maximum Gasteiger partial charge on any atom is 0.262 e. The summed E-state index contributed by atoms with van der Waals surface area (Å²) in [6, 6.07) is 19.9. The van der Waals surface area contributed by atoms with Crippen LogP contribution < -0.4 is 10.1 Å². The Morgan fingerprint density at radius 3 is 2.48 bits per heavy atom. The van der Waals surface area contributed by atoms with Gasteiger partial charge in [0.2, 0.25) is 0 Å². The molecule has 0 aliphatic heterocycles. The van der Waals surface area contributed by atoms with Gasteiger partial charge < -0.3 is 10.1 Å². The van der Waals surface area contributed by atoms with E-state index in [0.717, 1.165) is 22.2 Å². The molecule has 3 rings (SSSR count). The Morgan fingerprint density at radius 1 is 1.00 bits per heavy atom. The van der Waals surface area contributed by atoms with E-state index in [-0.39, 0.29) is 12.5 Å². The lowest BCUT2D eigenvalue weighted by Crippen LogP contribution is -2.20. The fraction of sp³-hybridized carbons (Fsp3) is 0.227. The van der Waals surface area contributed by atoms with Crippen LogP contribution in [0, 0.1) is 6.92 Å². The first-order chi connectivity index (χ1) is 12.0. The number of carbonyl (C=O) groups excluding carboxylic acids is 1. The summed E-state index contributed by atoms with van der Waals surface area (Å²) < 4.78 is 5.63. The minimum Gasteiger partial charge on any atom is -0.484 e. The molecule has 3 aromatic carbocycles. The van der Waals surface area contributed by atoms with Crippen molar-refractivity contribution in [3.8, 4) is 5.75 Å². The molecule has 0 spiro atoms. The van der Waals surface area contributed by atoms with Gasteiger partial charge >= 0.3 is 0 Å². The summed E-state index contributed by atoms with van der Waals surface area (Å²) in [6.45, 7) is 6.39. The molecule has 3 heteroatoms. The number of aryl methyl sites for hydroxylation is 1. The minimum atomic E-state index is -0.166. The quantitative estimate of drug-likeness (QED) is 0.689. The highest BCUT2D eigenvalue weighted by molar-refractivity contribution is 5.95. The lowest BCUT2D eigenvalue weighted by atomic mass is 9.98. The van der Waals surface area contributed by atoms with E-state index in [1.165, 1.54) is 11.1 Å². The molecule has 0 aliphatic rings. The number of hydrogen-bond acceptors (Lipinski definition) is 2. The highest BCUT2D eigenvalue weighted by Gasteiger charge is 2.07. The zero-order chi connectivity index (χ0) is 17.8. The molecule has 3 aromatic rings. The molecule has 3 nitrogen and oxygen atoms in total. The van der Waals surface area contributed by atoms with Gasteiger partial charge in [0.05, 0.1) is 0 Å². The average molecular weight is 333 g/mol. The van der Waals surface area contributed by atoms with Crippen molar-refractivity contribution >= 4 is 22.4 Å². The van der Waals surface area contributed by atoms with Gasteiger partial charge in [0.15, 0.2) is 6.61 Å². The van der Waals surface area contributed by atoms with Crippen molar-refractivity contribution in [2.24, 2.45) is 0 Å². The smallest absolute Gasteiger partial charge is 0.262 e. The van der Waals surface area contributed by atoms with Crippen molar-refractivity contribution in [2.75, 3.05) is 11.9 Å². The van der Waals surface area contributed by atoms with Crippen LogP contribution in [0.15, 0.2) is 60.7 Å². The van der Waals surface area contributed by atoms with Gasteiger partial charge in [-0.2, -0.15) is 0 Å². The summed E-state index contributed by atoms with van der Waals surface area (Å²) in [5.74, 6) is 1.03. The Balaban J connectivity index is 1.61. The topological polar surface area (TPSA) is 38.3 Å². The third-order valence-electron chi connectivity index (χ3n) is 4.27. The van der Waals surface area contributed by atoms with Crippen LogP contribution in [-0.2, 0) is 4.79 Å². The predicted molar refractivity (Wildman–Crippen MR) is 103 cm³/mol. The monoisotopic (exact) mass is 333 g/mol. The number of anilines is 1. The number of nitrogens with one attached hydrogen (secondary N) is 1. The van der Waals surface area contributed by atoms with E-state index < -0.39 is 0 Å². The molecule has 1 N–H and O–H groups in total. The second kappa shape index (κ2) is 7.39. The number of rotatable bonds is 5. The number of benzene rings is 3. The predicted octanol–water partition coefficient (Wildman–Crippen LogP) is 5.29. The summed E-state index contributed by atoms with van der Waals surface area (Å²) in [5.41, 5.74) is 3.26. The van der Waals surface area contributed by atoms with Gasteiger partial charge in [-0.05, 0) is 59.0 Å². The highest BCUT2D eigenvalue weighted by Crippen LogP contribution is 2.23. The lowest BCUT2D eigenvalue weighted by molar-refractivity contribution is -0.118. The fourth-order valence-corrected chi connectivity index (χ4v) is 3.00. The van der Waals surface area contributed by atoms with Crippen LogP contribution >= 0.6 is 0 Å². The molecule has 1 amide bonds. The Morgan fingerprint density at radius 2 is 1.76 bits per heavy atom. The molecule has 0 bridgehead atoms. The Kier molecular flexibility index (Phi) is 5.03. The molecule has 0 unspecified atom stereocenters. The maximum atomic E-state index is 12.1. The summed E-state index contributed by atoms with van der Waals surface area (Å²) in [6.07, 6.45) is 0. The van der Waals surface area contributed by atoms with Gasteiger partial charge in [0, 0.05) is 5.69 Å². The van der Waals surface area contributed by atoms with Crippen LogP contribution in [0.2, 0.25) is 0 Å². The standard InChI is InChI=1S/C22H23NO2/c1-15(2)21-11-10-20(12-16(21)3)25-14-22(24)23-19-9-8-17-6-4-5-7-18(17)13-19/h4-13,15H,14H2,1-3H3,(H,23,24). The minimum absolute atomic E-state index is 0.00665. The maximum absolute atomic E-state index is 12.1. The molecule has 25 heavy (non-hydrogen) atoms.